The third-order valence-electron chi connectivity index (χ3n) is 3.70. The monoisotopic (exact) mass is 328 g/mol. The van der Waals surface area contributed by atoms with Gasteiger partial charge in [-0.3, -0.25) is 14.6 Å². The van der Waals surface area contributed by atoms with Gasteiger partial charge >= 0.3 is 5.97 Å². The van der Waals surface area contributed by atoms with Gasteiger partial charge in [0, 0.05) is 17.5 Å². The summed E-state index contributed by atoms with van der Waals surface area (Å²) in [5.74, 6) is -1.35. The van der Waals surface area contributed by atoms with Gasteiger partial charge in [-0.1, -0.05) is 18.2 Å². The van der Waals surface area contributed by atoms with E-state index in [1.54, 1.807) is 0 Å². The van der Waals surface area contributed by atoms with Crippen LogP contribution in [0, 0.1) is 6.92 Å². The van der Waals surface area contributed by atoms with E-state index in [0.717, 1.165) is 22.2 Å². The molecule has 0 aliphatic rings. The minimum atomic E-state index is -0.597. The molecule has 5 heteroatoms. The van der Waals surface area contributed by atoms with Crippen LogP contribution in [0.1, 0.15) is 50.8 Å². The zero-order chi connectivity index (χ0) is 17.9. The SMILES string of the molecule is Cc1nc2ccccc2cc1C(CCC(N)=O)C(=O)OC(C)(C)C. The zero-order valence-corrected chi connectivity index (χ0v) is 14.6. The molecule has 0 saturated carbocycles. The van der Waals surface area contributed by atoms with Crippen LogP contribution >= 0.6 is 0 Å². The molecule has 0 bridgehead atoms. The lowest BCUT2D eigenvalue weighted by Gasteiger charge is -2.25. The summed E-state index contributed by atoms with van der Waals surface area (Å²) in [4.78, 5) is 28.4. The summed E-state index contributed by atoms with van der Waals surface area (Å²) in [5, 5.41) is 0.950. The summed E-state index contributed by atoms with van der Waals surface area (Å²) < 4.78 is 5.53. The molecule has 5 nitrogen and oxygen atoms in total. The number of primary amides is 1. The molecule has 1 heterocycles. The topological polar surface area (TPSA) is 82.3 Å². The second-order valence-corrected chi connectivity index (χ2v) is 6.95. The Morgan fingerprint density at radius 2 is 1.92 bits per heavy atom. The first-order valence-corrected chi connectivity index (χ1v) is 8.05. The van der Waals surface area contributed by atoms with Crippen LogP contribution in [0.2, 0.25) is 0 Å². The number of benzene rings is 1. The van der Waals surface area contributed by atoms with Gasteiger partial charge in [-0.25, -0.2) is 0 Å². The summed E-state index contributed by atoms with van der Waals surface area (Å²) >= 11 is 0. The maximum atomic E-state index is 12.7. The van der Waals surface area contributed by atoms with Crippen LogP contribution in [0.25, 0.3) is 10.9 Å². The second kappa shape index (κ2) is 6.99. The Morgan fingerprint density at radius 3 is 2.54 bits per heavy atom. The number of rotatable bonds is 5. The molecular weight excluding hydrogens is 304 g/mol. The third-order valence-corrected chi connectivity index (χ3v) is 3.70. The Morgan fingerprint density at radius 1 is 1.25 bits per heavy atom. The Kier molecular flexibility index (Phi) is 5.22. The Bertz CT molecular complexity index is 763. The fraction of sp³-hybridized carbons (Fsp3) is 0.421. The van der Waals surface area contributed by atoms with Gasteiger partial charge in [0.25, 0.3) is 0 Å². The van der Waals surface area contributed by atoms with Crippen LogP contribution in [0.15, 0.2) is 30.3 Å². The minimum absolute atomic E-state index is 0.121. The average Bonchev–Trinajstić information content (AvgIpc) is 2.45. The maximum absolute atomic E-state index is 12.7. The normalized spacial score (nSPS) is 12.8. The highest BCUT2D eigenvalue weighted by Gasteiger charge is 2.28. The molecule has 2 N–H and O–H groups in total. The number of esters is 1. The first-order chi connectivity index (χ1) is 11.2. The fourth-order valence-electron chi connectivity index (χ4n) is 2.64. The van der Waals surface area contributed by atoms with Crippen molar-refractivity contribution in [3.8, 4) is 0 Å². The predicted molar refractivity (Wildman–Crippen MR) is 93.5 cm³/mol. The van der Waals surface area contributed by atoms with Crippen molar-refractivity contribution in [2.45, 2.75) is 52.1 Å². The maximum Gasteiger partial charge on any atom is 0.314 e. The lowest BCUT2D eigenvalue weighted by molar-refractivity contribution is -0.157. The number of pyridine rings is 1. The number of aryl methyl sites for hydroxylation is 1. The van der Waals surface area contributed by atoms with Crippen LogP contribution < -0.4 is 5.73 Å². The molecule has 0 spiro atoms. The van der Waals surface area contributed by atoms with Crippen LogP contribution in [-0.4, -0.2) is 22.5 Å². The van der Waals surface area contributed by atoms with Crippen molar-refractivity contribution in [2.75, 3.05) is 0 Å². The molecule has 2 rings (SSSR count). The summed E-state index contributed by atoms with van der Waals surface area (Å²) in [5.41, 5.74) is 7.08. The number of amides is 1. The lowest BCUT2D eigenvalue weighted by atomic mass is 9.91. The summed E-state index contributed by atoms with van der Waals surface area (Å²) in [7, 11) is 0. The molecule has 0 radical (unpaired) electrons. The number of aromatic nitrogens is 1. The molecule has 0 saturated heterocycles. The van der Waals surface area contributed by atoms with E-state index >= 15 is 0 Å². The second-order valence-electron chi connectivity index (χ2n) is 6.95. The van der Waals surface area contributed by atoms with E-state index in [1.807, 2.05) is 58.0 Å². The highest BCUT2D eigenvalue weighted by molar-refractivity contribution is 5.84. The highest BCUT2D eigenvalue weighted by atomic mass is 16.6. The minimum Gasteiger partial charge on any atom is -0.459 e. The van der Waals surface area contributed by atoms with Crippen LogP contribution in [0.3, 0.4) is 0 Å². The number of fused-ring (bicyclic) bond motifs is 1. The van der Waals surface area contributed by atoms with E-state index in [9.17, 15) is 9.59 Å². The molecule has 2 aromatic rings. The Hall–Kier alpha value is -2.43. The van der Waals surface area contributed by atoms with Crippen LogP contribution in [-0.2, 0) is 14.3 Å². The van der Waals surface area contributed by atoms with Gasteiger partial charge in [0.2, 0.25) is 5.91 Å². The van der Waals surface area contributed by atoms with Crippen LogP contribution in [0.4, 0.5) is 0 Å². The number of ether oxygens (including phenoxy) is 1. The molecular formula is C19H24N2O3. The van der Waals surface area contributed by atoms with Crippen molar-refractivity contribution >= 4 is 22.8 Å². The number of nitrogens with zero attached hydrogens (tertiary/aromatic N) is 1. The lowest BCUT2D eigenvalue weighted by Crippen LogP contribution is -2.29. The van der Waals surface area contributed by atoms with Crippen molar-refractivity contribution in [2.24, 2.45) is 5.73 Å². The summed E-state index contributed by atoms with van der Waals surface area (Å²) in [6.07, 6.45) is 0.432. The number of carbonyl (C=O) groups excluding carboxylic acids is 2. The van der Waals surface area contributed by atoms with Gasteiger partial charge in [-0.2, -0.15) is 0 Å². The fourth-order valence-corrected chi connectivity index (χ4v) is 2.64. The molecule has 1 aromatic carbocycles. The van der Waals surface area contributed by atoms with Crippen molar-refractivity contribution in [3.63, 3.8) is 0 Å². The molecule has 1 amide bonds. The van der Waals surface area contributed by atoms with Gasteiger partial charge in [0.1, 0.15) is 5.60 Å². The third kappa shape index (κ3) is 4.54. The molecule has 0 aliphatic carbocycles. The van der Waals surface area contributed by atoms with Crippen LogP contribution in [0.5, 0.6) is 0 Å². The Labute approximate surface area is 142 Å². The van der Waals surface area contributed by atoms with Crippen molar-refractivity contribution < 1.29 is 14.3 Å². The van der Waals surface area contributed by atoms with Crippen molar-refractivity contribution in [3.05, 3.63) is 41.6 Å². The van der Waals surface area contributed by atoms with E-state index in [-0.39, 0.29) is 12.4 Å². The number of hydrogen-bond donors (Lipinski definition) is 1. The van der Waals surface area contributed by atoms with E-state index in [0.29, 0.717) is 6.42 Å². The van der Waals surface area contributed by atoms with E-state index < -0.39 is 17.4 Å². The van der Waals surface area contributed by atoms with Gasteiger partial charge in [-0.15, -0.1) is 0 Å². The largest absolute Gasteiger partial charge is 0.459 e. The molecule has 0 fully saturated rings. The Balaban J connectivity index is 2.43. The van der Waals surface area contributed by atoms with Crippen molar-refractivity contribution in [1.29, 1.82) is 0 Å². The molecule has 128 valence electrons. The van der Waals surface area contributed by atoms with E-state index in [4.69, 9.17) is 10.5 Å². The van der Waals surface area contributed by atoms with Gasteiger partial charge < -0.3 is 10.5 Å². The van der Waals surface area contributed by atoms with E-state index in [2.05, 4.69) is 4.98 Å². The predicted octanol–water partition coefficient (Wildman–Crippen LogP) is 3.23. The molecule has 1 aromatic heterocycles. The quantitative estimate of drug-likeness (QED) is 0.854. The molecule has 24 heavy (non-hydrogen) atoms. The first kappa shape index (κ1) is 17.9. The smallest absolute Gasteiger partial charge is 0.314 e. The highest BCUT2D eigenvalue weighted by Crippen LogP contribution is 2.29. The number of hydrogen-bond acceptors (Lipinski definition) is 4. The van der Waals surface area contributed by atoms with Gasteiger partial charge in [-0.05, 0) is 51.8 Å². The van der Waals surface area contributed by atoms with Crippen molar-refractivity contribution in [1.82, 2.24) is 4.98 Å². The average molecular weight is 328 g/mol. The number of nitrogens with two attached hydrogens (primary N) is 1. The number of para-hydroxylation sites is 1. The summed E-state index contributed by atoms with van der Waals surface area (Å²) in [6.45, 7) is 7.33. The van der Waals surface area contributed by atoms with E-state index in [1.165, 1.54) is 0 Å². The van der Waals surface area contributed by atoms with Gasteiger partial charge in [0.15, 0.2) is 0 Å². The standard InChI is InChI=1S/C19H24N2O3/c1-12-15(11-13-7-5-6-8-16(13)21-12)14(9-10-17(20)22)18(23)24-19(2,3)4/h5-8,11,14H,9-10H2,1-4H3,(H2,20,22). The molecule has 0 aliphatic heterocycles. The summed E-state index contributed by atoms with van der Waals surface area (Å²) in [6, 6.07) is 9.68. The zero-order valence-electron chi connectivity index (χ0n) is 14.6. The van der Waals surface area contributed by atoms with Gasteiger partial charge in [0.05, 0.1) is 11.4 Å². The number of carbonyl (C=O) groups is 2. The first-order valence-electron chi connectivity index (χ1n) is 8.05. The molecule has 1 atom stereocenters. The molecule has 1 unspecified atom stereocenters.